The van der Waals surface area contributed by atoms with E-state index in [1.54, 1.807) is 30.3 Å². The van der Waals surface area contributed by atoms with Crippen molar-refractivity contribution in [1.29, 1.82) is 0 Å². The Bertz CT molecular complexity index is 507. The summed E-state index contributed by atoms with van der Waals surface area (Å²) in [5, 5.41) is 0.409. The molecule has 0 unspecified atom stereocenters. The minimum atomic E-state index is -0.149. The zero-order valence-electron chi connectivity index (χ0n) is 7.20. The van der Waals surface area contributed by atoms with E-state index in [-0.39, 0.29) is 5.56 Å². The monoisotopic (exact) mass is 206 g/mol. The Hall–Kier alpha value is -1.61. The highest BCUT2D eigenvalue weighted by molar-refractivity contribution is 6.29. The molecule has 2 rings (SSSR count). The molecule has 2 heterocycles. The summed E-state index contributed by atoms with van der Waals surface area (Å²) in [4.78, 5) is 17.8. The molecule has 0 saturated carbocycles. The Kier molecular flexibility index (Phi) is 2.33. The summed E-state index contributed by atoms with van der Waals surface area (Å²) in [6.45, 7) is 0. The van der Waals surface area contributed by atoms with Crippen LogP contribution in [0, 0.1) is 0 Å². The number of H-pyrrole nitrogens is 1. The van der Waals surface area contributed by atoms with Gasteiger partial charge in [0.2, 0.25) is 5.56 Å². The van der Waals surface area contributed by atoms with Gasteiger partial charge in [0.05, 0.1) is 11.4 Å². The molecule has 0 saturated heterocycles. The van der Waals surface area contributed by atoms with Gasteiger partial charge >= 0.3 is 0 Å². The largest absolute Gasteiger partial charge is 0.321 e. The molecule has 0 atom stereocenters. The second-order valence-corrected chi connectivity index (χ2v) is 3.16. The van der Waals surface area contributed by atoms with E-state index >= 15 is 0 Å². The van der Waals surface area contributed by atoms with Crippen molar-refractivity contribution in [2.75, 3.05) is 0 Å². The van der Waals surface area contributed by atoms with Gasteiger partial charge in [0.25, 0.3) is 0 Å². The van der Waals surface area contributed by atoms with E-state index in [9.17, 15) is 4.79 Å². The normalized spacial score (nSPS) is 10.1. The number of aromatic nitrogens is 2. The Balaban J connectivity index is 2.55. The van der Waals surface area contributed by atoms with Crippen molar-refractivity contribution in [3.63, 3.8) is 0 Å². The van der Waals surface area contributed by atoms with Gasteiger partial charge in [-0.25, -0.2) is 4.98 Å². The summed E-state index contributed by atoms with van der Waals surface area (Å²) in [5.41, 5.74) is 1.18. The van der Waals surface area contributed by atoms with Crippen molar-refractivity contribution in [1.82, 2.24) is 9.97 Å². The van der Waals surface area contributed by atoms with Crippen LogP contribution in [0.4, 0.5) is 0 Å². The number of aromatic amines is 1. The molecular weight excluding hydrogens is 200 g/mol. The van der Waals surface area contributed by atoms with Crippen LogP contribution in [0.1, 0.15) is 0 Å². The van der Waals surface area contributed by atoms with Crippen LogP contribution in [0.5, 0.6) is 0 Å². The summed E-state index contributed by atoms with van der Waals surface area (Å²) in [6.07, 6.45) is 0. The first-order chi connectivity index (χ1) is 6.75. The first-order valence-electron chi connectivity index (χ1n) is 4.08. The van der Waals surface area contributed by atoms with Crippen LogP contribution in [0.2, 0.25) is 5.15 Å². The van der Waals surface area contributed by atoms with Crippen LogP contribution in [0.25, 0.3) is 11.4 Å². The maximum atomic E-state index is 11.0. The molecule has 1 N–H and O–H groups in total. The molecule has 0 aliphatic rings. The Morgan fingerprint density at radius 1 is 1.14 bits per heavy atom. The smallest absolute Gasteiger partial charge is 0.248 e. The third-order valence-electron chi connectivity index (χ3n) is 1.76. The molecule has 0 spiro atoms. The minimum Gasteiger partial charge on any atom is -0.321 e. The lowest BCUT2D eigenvalue weighted by atomic mass is 10.2. The highest BCUT2D eigenvalue weighted by atomic mass is 35.5. The van der Waals surface area contributed by atoms with Crippen molar-refractivity contribution in [3.8, 4) is 11.4 Å². The number of pyridine rings is 2. The van der Waals surface area contributed by atoms with Gasteiger partial charge in [-0.3, -0.25) is 4.79 Å². The SMILES string of the molecule is O=c1cccc(-c2cccc(Cl)n2)[nH]1. The fourth-order valence-electron chi connectivity index (χ4n) is 1.16. The summed E-state index contributed by atoms with van der Waals surface area (Å²) in [5.74, 6) is 0. The van der Waals surface area contributed by atoms with Crippen molar-refractivity contribution in [3.05, 3.63) is 51.9 Å². The average Bonchev–Trinajstić information content (AvgIpc) is 2.18. The lowest BCUT2D eigenvalue weighted by molar-refractivity contribution is 1.20. The summed E-state index contributed by atoms with van der Waals surface area (Å²) in [7, 11) is 0. The topological polar surface area (TPSA) is 45.8 Å². The molecular formula is C10H7ClN2O. The van der Waals surface area contributed by atoms with Gasteiger partial charge in [-0.05, 0) is 18.2 Å². The number of rotatable bonds is 1. The molecule has 0 aliphatic carbocycles. The Morgan fingerprint density at radius 2 is 1.93 bits per heavy atom. The van der Waals surface area contributed by atoms with Gasteiger partial charge in [0.15, 0.2) is 0 Å². The third kappa shape index (κ3) is 1.83. The van der Waals surface area contributed by atoms with Crippen LogP contribution < -0.4 is 5.56 Å². The van der Waals surface area contributed by atoms with Crippen molar-refractivity contribution >= 4 is 11.6 Å². The van der Waals surface area contributed by atoms with Crippen LogP contribution >= 0.6 is 11.6 Å². The van der Waals surface area contributed by atoms with Crippen molar-refractivity contribution < 1.29 is 0 Å². The number of nitrogens with one attached hydrogen (secondary N) is 1. The molecule has 0 amide bonds. The van der Waals surface area contributed by atoms with E-state index < -0.39 is 0 Å². The lowest BCUT2D eigenvalue weighted by Crippen LogP contribution is -2.03. The molecule has 4 heteroatoms. The quantitative estimate of drug-likeness (QED) is 0.727. The highest BCUT2D eigenvalue weighted by Gasteiger charge is 1.99. The second kappa shape index (κ2) is 3.64. The maximum Gasteiger partial charge on any atom is 0.248 e. The van der Waals surface area contributed by atoms with E-state index in [1.165, 1.54) is 6.07 Å². The molecule has 3 nitrogen and oxygen atoms in total. The molecule has 14 heavy (non-hydrogen) atoms. The predicted molar refractivity (Wildman–Crippen MR) is 55.3 cm³/mol. The Morgan fingerprint density at radius 3 is 2.64 bits per heavy atom. The number of hydrogen-bond donors (Lipinski definition) is 1. The molecule has 0 radical (unpaired) electrons. The van der Waals surface area contributed by atoms with Gasteiger partial charge in [0, 0.05) is 6.07 Å². The second-order valence-electron chi connectivity index (χ2n) is 2.77. The van der Waals surface area contributed by atoms with Gasteiger partial charge in [0.1, 0.15) is 5.15 Å². The van der Waals surface area contributed by atoms with Gasteiger partial charge in [-0.15, -0.1) is 0 Å². The van der Waals surface area contributed by atoms with Crippen LogP contribution in [-0.2, 0) is 0 Å². The van der Waals surface area contributed by atoms with Crippen molar-refractivity contribution in [2.24, 2.45) is 0 Å². The zero-order chi connectivity index (χ0) is 9.97. The minimum absolute atomic E-state index is 0.149. The average molecular weight is 207 g/mol. The zero-order valence-corrected chi connectivity index (χ0v) is 7.95. The molecule has 0 aromatic carbocycles. The molecule has 0 fully saturated rings. The molecule has 2 aromatic rings. The fraction of sp³-hybridized carbons (Fsp3) is 0. The highest BCUT2D eigenvalue weighted by Crippen LogP contribution is 2.14. The number of halogens is 1. The lowest BCUT2D eigenvalue weighted by Gasteiger charge is -1.99. The first-order valence-corrected chi connectivity index (χ1v) is 4.46. The Labute approximate surface area is 85.4 Å². The fourth-order valence-corrected chi connectivity index (χ4v) is 1.32. The van der Waals surface area contributed by atoms with Gasteiger partial charge < -0.3 is 4.98 Å². The van der Waals surface area contributed by atoms with E-state index in [0.717, 1.165) is 0 Å². The number of nitrogens with zero attached hydrogens (tertiary/aromatic N) is 1. The summed E-state index contributed by atoms with van der Waals surface area (Å²) in [6, 6.07) is 10.2. The van der Waals surface area contributed by atoms with Gasteiger partial charge in [-0.2, -0.15) is 0 Å². The van der Waals surface area contributed by atoms with Crippen LogP contribution in [0.15, 0.2) is 41.2 Å². The maximum absolute atomic E-state index is 11.0. The van der Waals surface area contributed by atoms with E-state index in [1.807, 2.05) is 0 Å². The third-order valence-corrected chi connectivity index (χ3v) is 1.97. The van der Waals surface area contributed by atoms with Crippen LogP contribution in [-0.4, -0.2) is 9.97 Å². The van der Waals surface area contributed by atoms with Crippen LogP contribution in [0.3, 0.4) is 0 Å². The number of hydrogen-bond acceptors (Lipinski definition) is 2. The van der Waals surface area contributed by atoms with E-state index in [4.69, 9.17) is 11.6 Å². The first kappa shape index (κ1) is 8.97. The van der Waals surface area contributed by atoms with Crippen molar-refractivity contribution in [2.45, 2.75) is 0 Å². The molecule has 0 aliphatic heterocycles. The molecule has 0 bridgehead atoms. The van der Waals surface area contributed by atoms with E-state index in [2.05, 4.69) is 9.97 Å². The predicted octanol–water partition coefficient (Wildman–Crippen LogP) is 2.09. The van der Waals surface area contributed by atoms with Gasteiger partial charge in [-0.1, -0.05) is 23.7 Å². The summed E-state index contributed by atoms with van der Waals surface area (Å²) >= 11 is 5.73. The standard InChI is InChI=1S/C10H7ClN2O/c11-9-5-1-3-7(12-9)8-4-2-6-10(14)13-8/h1-6H,(H,13,14). The van der Waals surface area contributed by atoms with E-state index in [0.29, 0.717) is 16.5 Å². The molecule has 70 valence electrons. The molecule has 2 aromatic heterocycles. The summed E-state index contributed by atoms with van der Waals surface area (Å²) < 4.78 is 0.